The smallest absolute Gasteiger partial charge is 0.307 e. The van der Waals surface area contributed by atoms with Gasteiger partial charge in [-0.05, 0) is 38.3 Å². The predicted molar refractivity (Wildman–Crippen MR) is 95.4 cm³/mol. The van der Waals surface area contributed by atoms with E-state index in [1.165, 1.54) is 0 Å². The van der Waals surface area contributed by atoms with Crippen LogP contribution in [-0.2, 0) is 9.59 Å². The summed E-state index contributed by atoms with van der Waals surface area (Å²) in [6.07, 6.45) is 3.56. The van der Waals surface area contributed by atoms with E-state index in [2.05, 4.69) is 10.6 Å². The predicted octanol–water partition coefficient (Wildman–Crippen LogP) is 3.04. The largest absolute Gasteiger partial charge is 0.481 e. The average molecular weight is 346 g/mol. The molecule has 1 saturated carbocycles. The Kier molecular flexibility index (Phi) is 6.56. The first kappa shape index (κ1) is 19.0. The van der Waals surface area contributed by atoms with Crippen molar-refractivity contribution in [3.8, 4) is 0 Å². The van der Waals surface area contributed by atoms with Crippen LogP contribution < -0.4 is 10.6 Å². The minimum absolute atomic E-state index is 0.0333. The van der Waals surface area contributed by atoms with Crippen molar-refractivity contribution in [2.24, 2.45) is 11.8 Å². The minimum Gasteiger partial charge on any atom is -0.481 e. The maximum Gasteiger partial charge on any atom is 0.307 e. The molecule has 3 atom stereocenters. The Balaban J connectivity index is 2.15. The second kappa shape index (κ2) is 8.65. The summed E-state index contributed by atoms with van der Waals surface area (Å²) in [5, 5.41) is 15.0. The molecule has 0 aromatic heterocycles. The highest BCUT2D eigenvalue weighted by molar-refractivity contribution is 6.04. The van der Waals surface area contributed by atoms with Gasteiger partial charge in [0, 0.05) is 6.04 Å². The van der Waals surface area contributed by atoms with Crippen LogP contribution in [0.1, 0.15) is 56.3 Å². The molecule has 0 aliphatic heterocycles. The molecule has 1 fully saturated rings. The quantitative estimate of drug-likeness (QED) is 0.738. The summed E-state index contributed by atoms with van der Waals surface area (Å²) in [7, 11) is 0. The molecule has 0 spiro atoms. The number of para-hydroxylation sites is 1. The fourth-order valence-corrected chi connectivity index (χ4v) is 3.16. The first-order valence-electron chi connectivity index (χ1n) is 8.87. The first-order valence-corrected chi connectivity index (χ1v) is 8.87. The molecule has 1 aromatic carbocycles. The fraction of sp³-hybridized carbons (Fsp3) is 0.526. The van der Waals surface area contributed by atoms with Gasteiger partial charge in [0.2, 0.25) is 5.91 Å². The van der Waals surface area contributed by atoms with Gasteiger partial charge in [0.1, 0.15) is 0 Å². The number of carboxylic acid groups (broad SMARTS) is 1. The molecule has 0 bridgehead atoms. The van der Waals surface area contributed by atoms with E-state index in [4.69, 9.17) is 0 Å². The van der Waals surface area contributed by atoms with Gasteiger partial charge in [-0.15, -0.1) is 0 Å². The van der Waals surface area contributed by atoms with E-state index in [0.717, 1.165) is 19.3 Å². The summed E-state index contributed by atoms with van der Waals surface area (Å²) in [6, 6.07) is 6.84. The molecule has 2 rings (SSSR count). The Morgan fingerprint density at radius 3 is 2.44 bits per heavy atom. The number of carbonyl (C=O) groups is 3. The summed E-state index contributed by atoms with van der Waals surface area (Å²) in [5.74, 6) is -2.71. The van der Waals surface area contributed by atoms with Crippen LogP contribution in [0.15, 0.2) is 24.3 Å². The summed E-state index contributed by atoms with van der Waals surface area (Å²) in [6.45, 7) is 3.90. The molecule has 3 N–H and O–H groups in total. The van der Waals surface area contributed by atoms with E-state index in [9.17, 15) is 19.5 Å². The molecule has 25 heavy (non-hydrogen) atoms. The van der Waals surface area contributed by atoms with Crippen LogP contribution in [0, 0.1) is 11.8 Å². The van der Waals surface area contributed by atoms with Crippen molar-refractivity contribution in [2.75, 3.05) is 5.32 Å². The van der Waals surface area contributed by atoms with Crippen LogP contribution in [-0.4, -0.2) is 28.9 Å². The van der Waals surface area contributed by atoms with Crippen molar-refractivity contribution in [1.29, 1.82) is 0 Å². The molecule has 6 heteroatoms. The Hall–Kier alpha value is -2.37. The molecule has 0 heterocycles. The lowest BCUT2D eigenvalue weighted by Crippen LogP contribution is -2.37. The second-order valence-corrected chi connectivity index (χ2v) is 6.65. The van der Waals surface area contributed by atoms with Gasteiger partial charge in [0.15, 0.2) is 0 Å². The summed E-state index contributed by atoms with van der Waals surface area (Å²) >= 11 is 0. The number of nitrogens with one attached hydrogen (secondary N) is 2. The van der Waals surface area contributed by atoms with Gasteiger partial charge < -0.3 is 15.7 Å². The van der Waals surface area contributed by atoms with Crippen LogP contribution >= 0.6 is 0 Å². The summed E-state index contributed by atoms with van der Waals surface area (Å²) < 4.78 is 0. The van der Waals surface area contributed by atoms with E-state index < -0.39 is 17.8 Å². The van der Waals surface area contributed by atoms with E-state index in [1.54, 1.807) is 24.3 Å². The lowest BCUT2D eigenvalue weighted by Gasteiger charge is -2.27. The number of aliphatic carboxylic acids is 1. The molecule has 1 aliphatic rings. The van der Waals surface area contributed by atoms with Gasteiger partial charge >= 0.3 is 5.97 Å². The van der Waals surface area contributed by atoms with Crippen molar-refractivity contribution in [3.63, 3.8) is 0 Å². The zero-order valence-corrected chi connectivity index (χ0v) is 14.7. The lowest BCUT2D eigenvalue weighted by atomic mass is 9.78. The van der Waals surface area contributed by atoms with Crippen molar-refractivity contribution in [2.45, 2.75) is 52.0 Å². The number of carbonyl (C=O) groups excluding carboxylic acids is 2. The number of anilines is 1. The molecule has 0 radical (unpaired) electrons. The molecule has 6 nitrogen and oxygen atoms in total. The highest BCUT2D eigenvalue weighted by Crippen LogP contribution is 2.31. The van der Waals surface area contributed by atoms with Crippen LogP contribution in [0.25, 0.3) is 0 Å². The highest BCUT2D eigenvalue weighted by atomic mass is 16.4. The monoisotopic (exact) mass is 346 g/mol. The van der Waals surface area contributed by atoms with Gasteiger partial charge in [-0.3, -0.25) is 14.4 Å². The molecule has 3 unspecified atom stereocenters. The lowest BCUT2D eigenvalue weighted by molar-refractivity contribution is -0.147. The molecular weight excluding hydrogens is 320 g/mol. The SMILES string of the molecule is CCC(C)NC(=O)c1ccccc1NC(=O)C1CCCCC1C(=O)O. The van der Waals surface area contributed by atoms with Gasteiger partial charge in [-0.25, -0.2) is 0 Å². The van der Waals surface area contributed by atoms with Crippen molar-refractivity contribution >= 4 is 23.5 Å². The maximum atomic E-state index is 12.6. The first-order chi connectivity index (χ1) is 11.9. The van der Waals surface area contributed by atoms with Gasteiger partial charge in [0.25, 0.3) is 5.91 Å². The number of rotatable bonds is 6. The van der Waals surface area contributed by atoms with Crippen LogP contribution in [0.4, 0.5) is 5.69 Å². The Morgan fingerprint density at radius 1 is 1.16 bits per heavy atom. The van der Waals surface area contributed by atoms with Crippen molar-refractivity contribution < 1.29 is 19.5 Å². The molecule has 136 valence electrons. The number of hydrogen-bond donors (Lipinski definition) is 3. The zero-order valence-electron chi connectivity index (χ0n) is 14.7. The summed E-state index contributed by atoms with van der Waals surface area (Å²) in [5.41, 5.74) is 0.807. The normalized spacial score (nSPS) is 21.2. The Morgan fingerprint density at radius 2 is 1.80 bits per heavy atom. The topological polar surface area (TPSA) is 95.5 Å². The Bertz CT molecular complexity index is 644. The third-order valence-electron chi connectivity index (χ3n) is 4.84. The summed E-state index contributed by atoms with van der Waals surface area (Å²) in [4.78, 5) is 36.4. The molecular formula is C19H26N2O4. The van der Waals surface area contributed by atoms with E-state index in [1.807, 2.05) is 13.8 Å². The van der Waals surface area contributed by atoms with Gasteiger partial charge in [-0.2, -0.15) is 0 Å². The molecule has 1 aromatic rings. The molecule has 0 saturated heterocycles. The third kappa shape index (κ3) is 4.81. The standard InChI is InChI=1S/C19H26N2O4/c1-3-12(2)20-18(23)15-10-6-7-11-16(15)21-17(22)13-8-4-5-9-14(13)19(24)25/h6-7,10-14H,3-5,8-9H2,1-2H3,(H,20,23)(H,21,22)(H,24,25). The number of carboxylic acids is 1. The average Bonchev–Trinajstić information content (AvgIpc) is 2.61. The Labute approximate surface area is 148 Å². The maximum absolute atomic E-state index is 12.6. The van der Waals surface area contributed by atoms with Crippen LogP contribution in [0.3, 0.4) is 0 Å². The highest BCUT2D eigenvalue weighted by Gasteiger charge is 2.36. The van der Waals surface area contributed by atoms with E-state index >= 15 is 0 Å². The minimum atomic E-state index is -0.928. The number of amides is 2. The van der Waals surface area contributed by atoms with E-state index in [0.29, 0.717) is 24.1 Å². The van der Waals surface area contributed by atoms with Crippen molar-refractivity contribution in [3.05, 3.63) is 29.8 Å². The third-order valence-corrected chi connectivity index (χ3v) is 4.84. The van der Waals surface area contributed by atoms with Crippen LogP contribution in [0.5, 0.6) is 0 Å². The van der Waals surface area contributed by atoms with Gasteiger partial charge in [0.05, 0.1) is 23.1 Å². The van der Waals surface area contributed by atoms with Gasteiger partial charge in [-0.1, -0.05) is 31.9 Å². The fourth-order valence-electron chi connectivity index (χ4n) is 3.16. The van der Waals surface area contributed by atoms with Crippen LogP contribution in [0.2, 0.25) is 0 Å². The van der Waals surface area contributed by atoms with E-state index in [-0.39, 0.29) is 17.9 Å². The molecule has 1 aliphatic carbocycles. The van der Waals surface area contributed by atoms with Crippen molar-refractivity contribution in [1.82, 2.24) is 5.32 Å². The zero-order chi connectivity index (χ0) is 18.4. The second-order valence-electron chi connectivity index (χ2n) is 6.65. The molecule has 2 amide bonds. The number of benzene rings is 1. The number of hydrogen-bond acceptors (Lipinski definition) is 3.